The Morgan fingerprint density at radius 3 is 2.76 bits per heavy atom. The predicted octanol–water partition coefficient (Wildman–Crippen LogP) is 1.58. The van der Waals surface area contributed by atoms with Crippen molar-refractivity contribution in [2.45, 2.75) is 25.4 Å². The summed E-state index contributed by atoms with van der Waals surface area (Å²) in [7, 11) is 3.38. The number of rotatable bonds is 6. The number of carboxylic acids is 1. The van der Waals surface area contributed by atoms with Crippen molar-refractivity contribution >= 4 is 5.97 Å². The Hall–Kier alpha value is -1.59. The highest BCUT2D eigenvalue weighted by molar-refractivity contribution is 5.73. The lowest BCUT2D eigenvalue weighted by Crippen LogP contribution is -2.48. The minimum atomic E-state index is -0.756. The Labute approximate surface area is 125 Å². The van der Waals surface area contributed by atoms with Crippen LogP contribution >= 0.6 is 0 Å². The lowest BCUT2D eigenvalue weighted by Gasteiger charge is -2.35. The van der Waals surface area contributed by atoms with Crippen LogP contribution in [0, 0.1) is 5.92 Å². The number of carbonyl (C=O) groups is 1. The molecular weight excluding hydrogens is 268 g/mol. The number of likely N-dealkylation sites (tertiary alicyclic amines) is 1. The van der Waals surface area contributed by atoms with Gasteiger partial charge in [-0.15, -0.1) is 0 Å². The molecule has 116 valence electrons. The van der Waals surface area contributed by atoms with Gasteiger partial charge in [0.2, 0.25) is 0 Å². The molecule has 1 heterocycles. The summed E-state index contributed by atoms with van der Waals surface area (Å²) >= 11 is 0. The highest BCUT2D eigenvalue weighted by Crippen LogP contribution is 2.22. The third-order valence-corrected chi connectivity index (χ3v) is 4.16. The summed E-state index contributed by atoms with van der Waals surface area (Å²) in [6.45, 7) is 2.71. The fourth-order valence-corrected chi connectivity index (χ4v) is 3.06. The van der Waals surface area contributed by atoms with E-state index in [0.29, 0.717) is 0 Å². The smallest absolute Gasteiger partial charge is 0.321 e. The van der Waals surface area contributed by atoms with Gasteiger partial charge in [0.25, 0.3) is 0 Å². The molecule has 2 rings (SSSR count). The Morgan fingerprint density at radius 1 is 1.48 bits per heavy atom. The molecule has 0 radical (unpaired) electrons. The Bertz CT molecular complexity index is 461. The third kappa shape index (κ3) is 4.19. The molecule has 5 nitrogen and oxygen atoms in total. The quantitative estimate of drug-likeness (QED) is 0.833. The normalized spacial score (nSPS) is 21.0. The van der Waals surface area contributed by atoms with E-state index >= 15 is 0 Å². The van der Waals surface area contributed by atoms with Gasteiger partial charge in [0.15, 0.2) is 0 Å². The molecule has 2 atom stereocenters. The van der Waals surface area contributed by atoms with Gasteiger partial charge in [0.1, 0.15) is 11.8 Å². The van der Waals surface area contributed by atoms with Gasteiger partial charge in [-0.1, -0.05) is 12.1 Å². The molecule has 1 saturated heterocycles. The number of benzene rings is 1. The van der Waals surface area contributed by atoms with Gasteiger partial charge in [-0.2, -0.15) is 0 Å². The van der Waals surface area contributed by atoms with Gasteiger partial charge >= 0.3 is 5.97 Å². The van der Waals surface area contributed by atoms with E-state index in [4.69, 9.17) is 4.74 Å². The molecule has 0 amide bonds. The molecule has 0 saturated carbocycles. The Balaban J connectivity index is 1.95. The van der Waals surface area contributed by atoms with Crippen LogP contribution in [-0.4, -0.2) is 49.3 Å². The minimum Gasteiger partial charge on any atom is -0.497 e. The van der Waals surface area contributed by atoms with Gasteiger partial charge in [-0.3, -0.25) is 9.69 Å². The van der Waals surface area contributed by atoms with Crippen molar-refractivity contribution in [3.8, 4) is 5.75 Å². The minimum absolute atomic E-state index is 0.166. The van der Waals surface area contributed by atoms with E-state index < -0.39 is 12.0 Å². The summed E-state index contributed by atoms with van der Waals surface area (Å²) in [6.07, 6.45) is 2.02. The first-order valence-electron chi connectivity index (χ1n) is 7.39. The topological polar surface area (TPSA) is 61.8 Å². The standard InChI is InChI=1S/C16H24N2O3/c1-17-15(16(19)20)13-4-3-9-18(11-13)10-12-5-7-14(21-2)8-6-12/h5-8,13,15,17H,3-4,9-11H2,1-2H3,(H,19,20). The molecule has 1 aromatic carbocycles. The van der Waals surface area contributed by atoms with Gasteiger partial charge in [-0.25, -0.2) is 0 Å². The maximum absolute atomic E-state index is 11.3. The highest BCUT2D eigenvalue weighted by Gasteiger charge is 2.30. The molecule has 0 aromatic heterocycles. The molecule has 0 aliphatic carbocycles. The van der Waals surface area contributed by atoms with Crippen molar-refractivity contribution in [3.63, 3.8) is 0 Å². The summed E-state index contributed by atoms with van der Waals surface area (Å²) in [5.74, 6) is 0.268. The third-order valence-electron chi connectivity index (χ3n) is 4.16. The van der Waals surface area contributed by atoms with E-state index in [-0.39, 0.29) is 5.92 Å². The van der Waals surface area contributed by atoms with Crippen molar-refractivity contribution in [2.24, 2.45) is 5.92 Å². The van der Waals surface area contributed by atoms with Crippen molar-refractivity contribution in [2.75, 3.05) is 27.2 Å². The number of likely N-dealkylation sites (N-methyl/N-ethyl adjacent to an activating group) is 1. The zero-order valence-electron chi connectivity index (χ0n) is 12.7. The van der Waals surface area contributed by atoms with Crippen LogP contribution in [0.25, 0.3) is 0 Å². The van der Waals surface area contributed by atoms with E-state index in [2.05, 4.69) is 22.3 Å². The lowest BCUT2D eigenvalue weighted by atomic mass is 9.90. The number of hydrogen-bond acceptors (Lipinski definition) is 4. The van der Waals surface area contributed by atoms with Crippen LogP contribution in [-0.2, 0) is 11.3 Å². The Kier molecular flexibility index (Phi) is 5.59. The molecular formula is C16H24N2O3. The fourth-order valence-electron chi connectivity index (χ4n) is 3.06. The second kappa shape index (κ2) is 7.43. The zero-order chi connectivity index (χ0) is 15.2. The summed E-state index contributed by atoms with van der Waals surface area (Å²) in [5.41, 5.74) is 1.23. The Morgan fingerprint density at radius 2 is 2.19 bits per heavy atom. The van der Waals surface area contributed by atoms with Crippen molar-refractivity contribution in [1.29, 1.82) is 0 Å². The SMILES string of the molecule is CNC(C(=O)O)C1CCCN(Cc2ccc(OC)cc2)C1. The van der Waals surface area contributed by atoms with Gasteiger partial charge < -0.3 is 15.2 Å². The molecule has 2 unspecified atom stereocenters. The number of piperidine rings is 1. The average molecular weight is 292 g/mol. The van der Waals surface area contributed by atoms with Crippen LogP contribution in [0.4, 0.5) is 0 Å². The summed E-state index contributed by atoms with van der Waals surface area (Å²) < 4.78 is 5.16. The van der Waals surface area contributed by atoms with Gasteiger partial charge in [0, 0.05) is 13.1 Å². The number of nitrogens with zero attached hydrogens (tertiary/aromatic N) is 1. The van der Waals surface area contributed by atoms with E-state index in [9.17, 15) is 9.90 Å². The molecule has 5 heteroatoms. The second-order valence-corrected chi connectivity index (χ2v) is 5.59. The van der Waals surface area contributed by atoms with E-state index in [1.807, 2.05) is 12.1 Å². The summed E-state index contributed by atoms with van der Waals surface area (Å²) in [6, 6.07) is 7.60. The summed E-state index contributed by atoms with van der Waals surface area (Å²) in [4.78, 5) is 13.6. The van der Waals surface area contributed by atoms with Crippen molar-refractivity contribution in [3.05, 3.63) is 29.8 Å². The maximum Gasteiger partial charge on any atom is 0.321 e. The van der Waals surface area contributed by atoms with Gasteiger partial charge in [0.05, 0.1) is 7.11 Å². The molecule has 0 spiro atoms. The average Bonchev–Trinajstić information content (AvgIpc) is 2.49. The molecule has 0 bridgehead atoms. The maximum atomic E-state index is 11.3. The first kappa shape index (κ1) is 15.8. The number of methoxy groups -OCH3 is 1. The van der Waals surface area contributed by atoms with Crippen LogP contribution in [0.15, 0.2) is 24.3 Å². The lowest BCUT2D eigenvalue weighted by molar-refractivity contribution is -0.141. The highest BCUT2D eigenvalue weighted by atomic mass is 16.5. The largest absolute Gasteiger partial charge is 0.497 e. The number of nitrogens with one attached hydrogen (secondary N) is 1. The summed E-state index contributed by atoms with van der Waals surface area (Å²) in [5, 5.41) is 12.2. The fraction of sp³-hybridized carbons (Fsp3) is 0.562. The van der Waals surface area contributed by atoms with Crippen LogP contribution in [0.2, 0.25) is 0 Å². The van der Waals surface area contributed by atoms with Crippen molar-refractivity contribution < 1.29 is 14.6 Å². The molecule has 21 heavy (non-hydrogen) atoms. The van der Waals surface area contributed by atoms with Crippen LogP contribution in [0.3, 0.4) is 0 Å². The van der Waals surface area contributed by atoms with E-state index in [1.165, 1.54) is 5.56 Å². The first-order chi connectivity index (χ1) is 10.1. The van der Waals surface area contributed by atoms with E-state index in [0.717, 1.165) is 38.2 Å². The van der Waals surface area contributed by atoms with Crippen LogP contribution < -0.4 is 10.1 Å². The molecule has 1 aromatic rings. The van der Waals surface area contributed by atoms with Crippen LogP contribution in [0.5, 0.6) is 5.75 Å². The monoisotopic (exact) mass is 292 g/mol. The van der Waals surface area contributed by atoms with Gasteiger partial charge in [-0.05, 0) is 50.0 Å². The zero-order valence-corrected chi connectivity index (χ0v) is 12.7. The second-order valence-electron chi connectivity index (χ2n) is 5.59. The predicted molar refractivity (Wildman–Crippen MR) is 81.5 cm³/mol. The van der Waals surface area contributed by atoms with E-state index in [1.54, 1.807) is 14.2 Å². The number of carboxylic acid groups (broad SMARTS) is 1. The molecule has 1 aliphatic rings. The number of hydrogen-bond donors (Lipinski definition) is 2. The molecule has 1 aliphatic heterocycles. The van der Waals surface area contributed by atoms with Crippen LogP contribution in [0.1, 0.15) is 18.4 Å². The number of ether oxygens (including phenoxy) is 1. The van der Waals surface area contributed by atoms with Crippen molar-refractivity contribution in [1.82, 2.24) is 10.2 Å². The first-order valence-corrected chi connectivity index (χ1v) is 7.39. The molecule has 2 N–H and O–H groups in total. The number of aliphatic carboxylic acids is 1. The molecule has 1 fully saturated rings.